The first kappa shape index (κ1) is 14.7. The zero-order valence-corrected chi connectivity index (χ0v) is 13.3. The van der Waals surface area contributed by atoms with Gasteiger partial charge in [-0.15, -0.1) is 0 Å². The van der Waals surface area contributed by atoms with Crippen molar-refractivity contribution in [3.63, 3.8) is 0 Å². The van der Waals surface area contributed by atoms with Gasteiger partial charge in [-0.25, -0.2) is 9.97 Å². The Kier molecular flexibility index (Phi) is 4.40. The molecule has 116 valence electrons. The molecular formula is C16H26N4O. The highest BCUT2D eigenvalue weighted by Gasteiger charge is 2.30. The van der Waals surface area contributed by atoms with E-state index in [1.807, 2.05) is 19.2 Å². The molecule has 0 amide bonds. The van der Waals surface area contributed by atoms with Gasteiger partial charge in [0.15, 0.2) is 0 Å². The van der Waals surface area contributed by atoms with Gasteiger partial charge in [-0.2, -0.15) is 0 Å². The fourth-order valence-electron chi connectivity index (χ4n) is 3.66. The maximum Gasteiger partial charge on any atom is 0.132 e. The first-order valence-electron chi connectivity index (χ1n) is 8.06. The van der Waals surface area contributed by atoms with E-state index in [9.17, 15) is 0 Å². The van der Waals surface area contributed by atoms with Crippen LogP contribution >= 0.6 is 0 Å². The quantitative estimate of drug-likeness (QED) is 0.850. The molecular weight excluding hydrogens is 264 g/mol. The Hall–Kier alpha value is -1.20. The standard InChI is InChI=1S/C16H26N4O/c1-12-9-19(10-13(2)21-12)11-15-5-4-8-20(15)16-6-7-17-14(3)18-16/h6-7,12-13,15H,4-5,8-11H2,1-3H3/t12-,13+,15-/m1/s1. The van der Waals surface area contributed by atoms with E-state index < -0.39 is 0 Å². The van der Waals surface area contributed by atoms with Gasteiger partial charge >= 0.3 is 0 Å². The Balaban J connectivity index is 1.67. The highest BCUT2D eigenvalue weighted by molar-refractivity contribution is 5.40. The summed E-state index contributed by atoms with van der Waals surface area (Å²) < 4.78 is 5.83. The Morgan fingerprint density at radius 3 is 2.76 bits per heavy atom. The number of ether oxygens (including phenoxy) is 1. The van der Waals surface area contributed by atoms with Gasteiger partial charge in [0.25, 0.3) is 0 Å². The number of aromatic nitrogens is 2. The average Bonchev–Trinajstić information content (AvgIpc) is 2.85. The van der Waals surface area contributed by atoms with Crippen molar-refractivity contribution in [2.75, 3.05) is 31.1 Å². The van der Waals surface area contributed by atoms with E-state index in [0.29, 0.717) is 18.2 Å². The smallest absolute Gasteiger partial charge is 0.132 e. The van der Waals surface area contributed by atoms with Crippen molar-refractivity contribution in [2.45, 2.75) is 51.9 Å². The van der Waals surface area contributed by atoms with Crippen LogP contribution in [0.3, 0.4) is 0 Å². The van der Waals surface area contributed by atoms with E-state index in [-0.39, 0.29) is 0 Å². The summed E-state index contributed by atoms with van der Waals surface area (Å²) in [6.45, 7) is 10.6. The second-order valence-corrected chi connectivity index (χ2v) is 6.43. The molecule has 5 heteroatoms. The predicted molar refractivity (Wildman–Crippen MR) is 83.6 cm³/mol. The lowest BCUT2D eigenvalue weighted by Gasteiger charge is -2.38. The molecule has 21 heavy (non-hydrogen) atoms. The first-order valence-corrected chi connectivity index (χ1v) is 8.06. The van der Waals surface area contributed by atoms with Gasteiger partial charge in [0.05, 0.1) is 12.2 Å². The number of aryl methyl sites for hydroxylation is 1. The van der Waals surface area contributed by atoms with Crippen molar-refractivity contribution in [3.8, 4) is 0 Å². The number of anilines is 1. The summed E-state index contributed by atoms with van der Waals surface area (Å²) in [7, 11) is 0. The summed E-state index contributed by atoms with van der Waals surface area (Å²) in [5, 5.41) is 0. The van der Waals surface area contributed by atoms with Crippen LogP contribution in [0.4, 0.5) is 5.82 Å². The summed E-state index contributed by atoms with van der Waals surface area (Å²) in [6, 6.07) is 2.60. The second-order valence-electron chi connectivity index (χ2n) is 6.43. The van der Waals surface area contributed by atoms with Crippen molar-refractivity contribution < 1.29 is 4.74 Å². The van der Waals surface area contributed by atoms with E-state index in [1.165, 1.54) is 12.8 Å². The number of hydrogen-bond donors (Lipinski definition) is 0. The van der Waals surface area contributed by atoms with Gasteiger partial charge in [0.1, 0.15) is 11.6 Å². The maximum absolute atomic E-state index is 5.83. The first-order chi connectivity index (χ1) is 10.1. The van der Waals surface area contributed by atoms with Crippen LogP contribution in [0.1, 0.15) is 32.5 Å². The molecule has 0 spiro atoms. The fraction of sp³-hybridized carbons (Fsp3) is 0.750. The molecule has 3 rings (SSSR count). The van der Waals surface area contributed by atoms with Crippen molar-refractivity contribution in [1.29, 1.82) is 0 Å². The highest BCUT2D eigenvalue weighted by atomic mass is 16.5. The van der Waals surface area contributed by atoms with Gasteiger partial charge in [0, 0.05) is 38.4 Å². The lowest BCUT2D eigenvalue weighted by molar-refractivity contribution is -0.0689. The molecule has 0 aromatic carbocycles. The van der Waals surface area contributed by atoms with Gasteiger partial charge in [-0.1, -0.05) is 0 Å². The molecule has 0 radical (unpaired) electrons. The molecule has 2 saturated heterocycles. The molecule has 0 unspecified atom stereocenters. The van der Waals surface area contributed by atoms with E-state index in [4.69, 9.17) is 4.74 Å². The average molecular weight is 290 g/mol. The monoisotopic (exact) mass is 290 g/mol. The van der Waals surface area contributed by atoms with E-state index in [1.54, 1.807) is 0 Å². The summed E-state index contributed by atoms with van der Waals surface area (Å²) in [4.78, 5) is 13.8. The van der Waals surface area contributed by atoms with Crippen molar-refractivity contribution in [2.24, 2.45) is 0 Å². The molecule has 3 heterocycles. The molecule has 2 aliphatic rings. The van der Waals surface area contributed by atoms with Crippen LogP contribution in [0.5, 0.6) is 0 Å². The third-order valence-corrected chi connectivity index (χ3v) is 4.40. The number of morpholine rings is 1. The molecule has 2 aliphatic heterocycles. The summed E-state index contributed by atoms with van der Waals surface area (Å²) in [5.41, 5.74) is 0. The summed E-state index contributed by atoms with van der Waals surface area (Å²) in [5.74, 6) is 1.94. The van der Waals surface area contributed by atoms with Crippen LogP contribution < -0.4 is 4.90 Å². The minimum absolute atomic E-state index is 0.338. The fourth-order valence-corrected chi connectivity index (χ4v) is 3.66. The Morgan fingerprint density at radius 2 is 2.05 bits per heavy atom. The van der Waals surface area contributed by atoms with Crippen LogP contribution in [0.25, 0.3) is 0 Å². The highest BCUT2D eigenvalue weighted by Crippen LogP contribution is 2.25. The van der Waals surface area contributed by atoms with E-state index in [2.05, 4.69) is 33.6 Å². The van der Waals surface area contributed by atoms with Crippen LogP contribution in [0.15, 0.2) is 12.3 Å². The molecule has 0 N–H and O–H groups in total. The van der Waals surface area contributed by atoms with E-state index in [0.717, 1.165) is 37.8 Å². The molecule has 5 nitrogen and oxygen atoms in total. The Morgan fingerprint density at radius 1 is 1.29 bits per heavy atom. The lowest BCUT2D eigenvalue weighted by Crippen LogP contribution is -2.50. The molecule has 2 fully saturated rings. The normalized spacial score (nSPS) is 30.8. The van der Waals surface area contributed by atoms with Crippen molar-refractivity contribution in [3.05, 3.63) is 18.1 Å². The van der Waals surface area contributed by atoms with Crippen molar-refractivity contribution in [1.82, 2.24) is 14.9 Å². The molecule has 0 bridgehead atoms. The van der Waals surface area contributed by atoms with Gasteiger partial charge in [-0.3, -0.25) is 4.90 Å². The third-order valence-electron chi connectivity index (χ3n) is 4.40. The minimum Gasteiger partial charge on any atom is -0.373 e. The molecule has 1 aromatic heterocycles. The molecule has 3 atom stereocenters. The van der Waals surface area contributed by atoms with Gasteiger partial charge < -0.3 is 9.64 Å². The summed E-state index contributed by atoms with van der Waals surface area (Å²) >= 11 is 0. The largest absolute Gasteiger partial charge is 0.373 e. The van der Waals surface area contributed by atoms with Crippen LogP contribution in [0.2, 0.25) is 0 Å². The Labute approximate surface area is 127 Å². The molecule has 0 aliphatic carbocycles. The third kappa shape index (κ3) is 3.52. The van der Waals surface area contributed by atoms with Crippen LogP contribution in [0, 0.1) is 6.92 Å². The SMILES string of the molecule is Cc1nccc(N2CCC[C@@H]2CN2C[C@@H](C)O[C@@H](C)C2)n1. The topological polar surface area (TPSA) is 41.5 Å². The van der Waals surface area contributed by atoms with E-state index >= 15 is 0 Å². The maximum atomic E-state index is 5.83. The summed E-state index contributed by atoms with van der Waals surface area (Å²) in [6.07, 6.45) is 5.05. The van der Waals surface area contributed by atoms with Crippen LogP contribution in [-0.2, 0) is 4.74 Å². The van der Waals surface area contributed by atoms with Crippen molar-refractivity contribution >= 4 is 5.82 Å². The molecule has 0 saturated carbocycles. The second kappa shape index (κ2) is 6.28. The zero-order chi connectivity index (χ0) is 14.8. The lowest BCUT2D eigenvalue weighted by atomic mass is 10.1. The Bertz CT molecular complexity index is 471. The number of nitrogens with zero attached hydrogens (tertiary/aromatic N) is 4. The number of hydrogen-bond acceptors (Lipinski definition) is 5. The van der Waals surface area contributed by atoms with Gasteiger partial charge in [0.2, 0.25) is 0 Å². The van der Waals surface area contributed by atoms with Gasteiger partial charge in [-0.05, 0) is 39.7 Å². The van der Waals surface area contributed by atoms with Crippen LogP contribution in [-0.4, -0.2) is 59.3 Å². The minimum atomic E-state index is 0.338. The zero-order valence-electron chi connectivity index (χ0n) is 13.3. The number of rotatable bonds is 3. The molecule has 1 aromatic rings. The predicted octanol–water partition coefficient (Wildman–Crippen LogP) is 1.86.